The molecule has 4 rings (SSSR count). The van der Waals surface area contributed by atoms with Crippen molar-refractivity contribution in [2.45, 2.75) is 98.8 Å². The number of ether oxygens (including phenoxy) is 1. The van der Waals surface area contributed by atoms with Crippen LogP contribution in [0.4, 0.5) is 0 Å². The number of nitrogens with zero attached hydrogens (tertiary/aromatic N) is 3. The summed E-state index contributed by atoms with van der Waals surface area (Å²) in [4.78, 5) is 25.0. The molecule has 0 amide bonds. The van der Waals surface area contributed by atoms with Gasteiger partial charge in [0.1, 0.15) is 17.4 Å². The van der Waals surface area contributed by atoms with Crippen LogP contribution in [0.5, 0.6) is 5.75 Å². The van der Waals surface area contributed by atoms with E-state index in [1.807, 2.05) is 26.8 Å². The molecule has 222 valence electrons. The zero-order valence-electron chi connectivity index (χ0n) is 26.2. The Kier molecular flexibility index (Phi) is 9.87. The molecular weight excluding hydrogens is 522 g/mol. The lowest BCUT2D eigenvalue weighted by Crippen LogP contribution is -2.25. The van der Waals surface area contributed by atoms with Gasteiger partial charge in [0.2, 0.25) is 0 Å². The van der Waals surface area contributed by atoms with Crippen LogP contribution in [0.15, 0.2) is 71.5 Å². The maximum absolute atomic E-state index is 13.1. The fraction of sp³-hybridized carbons (Fsp3) is 0.417. The molecule has 0 saturated carbocycles. The smallest absolute Gasteiger partial charge is 0.346 e. The minimum Gasteiger partial charge on any atom is -0.491 e. The third-order valence-electron chi connectivity index (χ3n) is 7.46. The van der Waals surface area contributed by atoms with Crippen molar-refractivity contribution < 1.29 is 9.53 Å². The van der Waals surface area contributed by atoms with E-state index in [1.54, 1.807) is 16.2 Å². The van der Waals surface area contributed by atoms with E-state index in [1.165, 1.54) is 11.1 Å². The minimum atomic E-state index is -0.0550. The molecule has 0 fully saturated rings. The van der Waals surface area contributed by atoms with Crippen molar-refractivity contribution in [1.29, 1.82) is 0 Å². The number of rotatable bonds is 12. The predicted molar refractivity (Wildman–Crippen MR) is 170 cm³/mol. The molecule has 0 atom stereocenters. The van der Waals surface area contributed by atoms with Gasteiger partial charge in [-0.25, -0.2) is 9.48 Å². The fourth-order valence-corrected chi connectivity index (χ4v) is 5.27. The van der Waals surface area contributed by atoms with Crippen LogP contribution in [0.2, 0.25) is 0 Å². The average molecular weight is 568 g/mol. The normalized spacial score (nSPS) is 11.7. The van der Waals surface area contributed by atoms with Gasteiger partial charge in [-0.3, -0.25) is 9.36 Å². The largest absolute Gasteiger partial charge is 0.491 e. The molecular formula is C36H45N3O3. The summed E-state index contributed by atoms with van der Waals surface area (Å²) < 4.78 is 9.33. The van der Waals surface area contributed by atoms with Gasteiger partial charge < -0.3 is 4.74 Å². The Labute approximate surface area is 250 Å². The molecule has 0 aliphatic carbocycles. The first-order valence-corrected chi connectivity index (χ1v) is 15.1. The van der Waals surface area contributed by atoms with Crippen molar-refractivity contribution in [3.63, 3.8) is 0 Å². The van der Waals surface area contributed by atoms with Gasteiger partial charge in [0.15, 0.2) is 0 Å². The van der Waals surface area contributed by atoms with Crippen LogP contribution in [0.1, 0.15) is 83.0 Å². The van der Waals surface area contributed by atoms with Crippen LogP contribution in [0.3, 0.4) is 0 Å². The highest BCUT2D eigenvalue weighted by molar-refractivity contribution is 5.80. The SMILES string of the molecule is CCn1c(CCCc2cccc(-c3ccc(OC(C)C)c(CC(C)=O)c3)c2)nn(Cc2ccc(C(C)(C)C)cc2)c1=O. The number of hydrogen-bond acceptors (Lipinski definition) is 4. The van der Waals surface area contributed by atoms with E-state index in [0.29, 0.717) is 19.5 Å². The summed E-state index contributed by atoms with van der Waals surface area (Å²) in [6.45, 7) is 15.3. The second-order valence-corrected chi connectivity index (χ2v) is 12.5. The zero-order chi connectivity index (χ0) is 30.4. The quantitative estimate of drug-likeness (QED) is 0.182. The average Bonchev–Trinajstić information content (AvgIpc) is 3.22. The van der Waals surface area contributed by atoms with E-state index in [4.69, 9.17) is 9.84 Å². The third kappa shape index (κ3) is 7.87. The van der Waals surface area contributed by atoms with Crippen molar-refractivity contribution in [2.75, 3.05) is 0 Å². The number of Topliss-reactive ketones (excluding diaryl/α,β-unsaturated/α-hetero) is 1. The van der Waals surface area contributed by atoms with Crippen molar-refractivity contribution in [3.05, 3.63) is 105 Å². The molecule has 1 heterocycles. The Morgan fingerprint density at radius 1 is 0.929 bits per heavy atom. The molecule has 0 unspecified atom stereocenters. The summed E-state index contributed by atoms with van der Waals surface area (Å²) >= 11 is 0. The predicted octanol–water partition coefficient (Wildman–Crippen LogP) is 7.17. The standard InChI is InChI=1S/C36H45N3O3/c1-8-38-34(37-39(35(38)41)24-28-15-18-32(19-16-28)36(5,6)7)14-10-12-27-11-9-13-29(22-27)30-17-20-33(42-25(2)3)31(23-30)21-26(4)40/h9,11,13,15-20,22-23,25H,8,10,12,14,21,24H2,1-7H3. The van der Waals surface area contributed by atoms with Crippen molar-refractivity contribution in [2.24, 2.45) is 0 Å². The van der Waals surface area contributed by atoms with Crippen LogP contribution >= 0.6 is 0 Å². The number of ketones is 1. The number of benzene rings is 3. The van der Waals surface area contributed by atoms with Gasteiger partial charge in [-0.1, -0.05) is 75.4 Å². The van der Waals surface area contributed by atoms with Crippen LogP contribution in [0, 0.1) is 0 Å². The summed E-state index contributed by atoms with van der Waals surface area (Å²) in [7, 11) is 0. The summed E-state index contributed by atoms with van der Waals surface area (Å²) in [6.07, 6.45) is 2.88. The lowest BCUT2D eigenvalue weighted by Gasteiger charge is -2.19. The summed E-state index contributed by atoms with van der Waals surface area (Å²) in [5.74, 6) is 1.71. The molecule has 0 N–H and O–H groups in total. The van der Waals surface area contributed by atoms with Crippen molar-refractivity contribution in [1.82, 2.24) is 14.3 Å². The summed E-state index contributed by atoms with van der Waals surface area (Å²) in [5.41, 5.74) is 6.71. The summed E-state index contributed by atoms with van der Waals surface area (Å²) in [6, 6.07) is 23.1. The zero-order valence-corrected chi connectivity index (χ0v) is 26.2. The number of carbonyl (C=O) groups is 1. The van der Waals surface area contributed by atoms with E-state index in [0.717, 1.165) is 53.1 Å². The molecule has 4 aromatic rings. The van der Waals surface area contributed by atoms with Crippen LogP contribution in [-0.4, -0.2) is 26.2 Å². The Morgan fingerprint density at radius 3 is 2.29 bits per heavy atom. The Morgan fingerprint density at radius 2 is 1.64 bits per heavy atom. The van der Waals surface area contributed by atoms with Gasteiger partial charge in [0, 0.05) is 24.9 Å². The summed E-state index contributed by atoms with van der Waals surface area (Å²) in [5, 5.41) is 4.73. The first-order chi connectivity index (χ1) is 19.9. The minimum absolute atomic E-state index is 0.0420. The molecule has 42 heavy (non-hydrogen) atoms. The van der Waals surface area contributed by atoms with Gasteiger partial charge in [-0.15, -0.1) is 0 Å². The van der Waals surface area contributed by atoms with E-state index < -0.39 is 0 Å². The molecule has 0 saturated heterocycles. The second kappa shape index (κ2) is 13.4. The number of carbonyl (C=O) groups excluding carboxylic acids is 1. The van der Waals surface area contributed by atoms with Gasteiger partial charge in [-0.2, -0.15) is 5.10 Å². The maximum Gasteiger partial charge on any atom is 0.346 e. The maximum atomic E-state index is 13.1. The highest BCUT2D eigenvalue weighted by Crippen LogP contribution is 2.29. The van der Waals surface area contributed by atoms with Crippen LogP contribution in [0.25, 0.3) is 11.1 Å². The molecule has 0 aliphatic rings. The number of hydrogen-bond donors (Lipinski definition) is 0. The first kappa shape index (κ1) is 31.0. The van der Waals surface area contributed by atoms with E-state index in [2.05, 4.69) is 81.4 Å². The molecule has 0 aliphatic heterocycles. The lowest BCUT2D eigenvalue weighted by atomic mass is 9.87. The van der Waals surface area contributed by atoms with Gasteiger partial charge in [-0.05, 0) is 85.9 Å². The van der Waals surface area contributed by atoms with Gasteiger partial charge in [0.05, 0.1) is 12.6 Å². The van der Waals surface area contributed by atoms with Crippen molar-refractivity contribution in [3.8, 4) is 16.9 Å². The fourth-order valence-electron chi connectivity index (χ4n) is 5.27. The van der Waals surface area contributed by atoms with Crippen molar-refractivity contribution >= 4 is 5.78 Å². The molecule has 6 heteroatoms. The second-order valence-electron chi connectivity index (χ2n) is 12.5. The Bertz CT molecular complexity index is 1570. The molecule has 0 spiro atoms. The number of aryl methyl sites for hydroxylation is 2. The highest BCUT2D eigenvalue weighted by Gasteiger charge is 2.16. The Balaban J connectivity index is 1.45. The monoisotopic (exact) mass is 567 g/mol. The molecule has 1 aromatic heterocycles. The highest BCUT2D eigenvalue weighted by atomic mass is 16.5. The van der Waals surface area contributed by atoms with Gasteiger partial charge in [0.25, 0.3) is 0 Å². The molecule has 0 bridgehead atoms. The van der Waals surface area contributed by atoms with E-state index >= 15 is 0 Å². The topological polar surface area (TPSA) is 66.1 Å². The van der Waals surface area contributed by atoms with Gasteiger partial charge >= 0.3 is 5.69 Å². The molecule has 3 aromatic carbocycles. The number of aromatic nitrogens is 3. The molecule has 6 nitrogen and oxygen atoms in total. The van der Waals surface area contributed by atoms with E-state index in [-0.39, 0.29) is 23.0 Å². The molecule has 0 radical (unpaired) electrons. The van der Waals surface area contributed by atoms with Crippen LogP contribution < -0.4 is 10.4 Å². The lowest BCUT2D eigenvalue weighted by molar-refractivity contribution is -0.116. The Hall–Kier alpha value is -3.93. The van der Waals surface area contributed by atoms with Crippen LogP contribution in [-0.2, 0) is 42.6 Å². The first-order valence-electron chi connectivity index (χ1n) is 15.1. The van der Waals surface area contributed by atoms with E-state index in [9.17, 15) is 9.59 Å². The third-order valence-corrected chi connectivity index (χ3v) is 7.46.